The monoisotopic (exact) mass is 1050 g/mol. The average molecular weight is 1050 g/mol. The van der Waals surface area contributed by atoms with Crippen molar-refractivity contribution in [3.8, 4) is 0 Å². The molecule has 8 atom stereocenters. The molecule has 0 aliphatic carbocycles. The van der Waals surface area contributed by atoms with E-state index in [4.69, 9.17) is 28.5 Å². The third-order valence-electron chi connectivity index (χ3n) is 5.17. The van der Waals surface area contributed by atoms with Gasteiger partial charge in [-0.3, -0.25) is 68.7 Å². The summed E-state index contributed by atoms with van der Waals surface area (Å²) in [6.07, 6.45) is -1.79. The standard InChI is InChI=1S/C19H49NO32P8/c1-20-18-38-4-3-19(52-60(36,37)50-16-15-48-58(32,33)46-11-9-43-55(26,27)41-7-5-39-53(2,21)22)17-51-59(34,35)49-14-13-47-57(30,31)45-12-10-44-56(28,29)42-8-6-40-54(23,24)25/h19-20H,3-18H2,1-2H3,(H,21,22)(H,26,27)(H,28,29)(H,30,31)(H,32,33)(H,34,35)(H,36,37)(H2,23,24,25). The maximum atomic E-state index is 12.5. The van der Waals surface area contributed by atoms with E-state index in [1.807, 2.05) is 0 Å². The average Bonchev–Trinajstić information content (AvgIpc) is 3.09. The summed E-state index contributed by atoms with van der Waals surface area (Å²) in [5, 5.41) is 2.63. The minimum absolute atomic E-state index is 0.00899. The number of phosphoric acid groups is 7. The quantitative estimate of drug-likeness (QED) is 0.0229. The lowest BCUT2D eigenvalue weighted by Gasteiger charge is -2.22. The Morgan fingerprint density at radius 2 is 0.683 bits per heavy atom. The lowest BCUT2D eigenvalue weighted by atomic mass is 10.3. The highest BCUT2D eigenvalue weighted by Crippen LogP contribution is 2.50. The summed E-state index contributed by atoms with van der Waals surface area (Å²) in [7, 11) is -36.6. The van der Waals surface area contributed by atoms with Crippen LogP contribution in [0.2, 0.25) is 0 Å². The van der Waals surface area contributed by atoms with E-state index in [2.05, 4.69) is 59.6 Å². The van der Waals surface area contributed by atoms with Gasteiger partial charge in [0.15, 0.2) is 0 Å². The van der Waals surface area contributed by atoms with Crippen molar-refractivity contribution in [1.29, 1.82) is 0 Å². The molecule has 8 unspecified atom stereocenters. The molecule has 0 aromatic heterocycles. The Morgan fingerprint density at radius 1 is 0.400 bits per heavy atom. The Hall–Kier alpha value is 0.840. The van der Waals surface area contributed by atoms with Gasteiger partial charge in [-0.15, -0.1) is 0 Å². The van der Waals surface area contributed by atoms with E-state index < -0.39 is 154 Å². The number of ether oxygens (including phenoxy) is 1. The molecule has 0 aromatic carbocycles. The fourth-order valence-electron chi connectivity index (χ4n) is 3.03. The molecule has 0 spiro atoms. The number of phosphoric ester groups is 7. The Bertz CT molecular complexity index is 1600. The number of hydrogen-bond donors (Lipinski definition) is 10. The van der Waals surface area contributed by atoms with Crippen LogP contribution in [0.1, 0.15) is 6.42 Å². The summed E-state index contributed by atoms with van der Waals surface area (Å²) >= 11 is 0. The summed E-state index contributed by atoms with van der Waals surface area (Å²) in [6, 6.07) is 0. The van der Waals surface area contributed by atoms with E-state index in [-0.39, 0.29) is 19.8 Å². The first-order valence-electron chi connectivity index (χ1n) is 16.0. The van der Waals surface area contributed by atoms with Crippen molar-refractivity contribution in [2.45, 2.75) is 12.5 Å². The smallest absolute Gasteiger partial charge is 0.366 e. The second-order valence-corrected chi connectivity index (χ2v) is 22.1. The molecule has 0 aromatic rings. The van der Waals surface area contributed by atoms with E-state index >= 15 is 0 Å². The van der Waals surface area contributed by atoms with Crippen LogP contribution >= 0.6 is 62.4 Å². The molecule has 33 nitrogen and oxygen atoms in total. The first-order chi connectivity index (χ1) is 27.4. The normalized spacial score (nSPS) is 20.1. The van der Waals surface area contributed by atoms with Crippen molar-refractivity contribution >= 4 is 62.4 Å². The Kier molecular flexibility index (Phi) is 29.9. The summed E-state index contributed by atoms with van der Waals surface area (Å²) in [6.45, 7) is -9.71. The topological polar surface area (TPSA) is 469 Å². The zero-order valence-corrected chi connectivity index (χ0v) is 38.5. The fraction of sp³-hybridized carbons (Fsp3) is 1.00. The second kappa shape index (κ2) is 29.5. The highest BCUT2D eigenvalue weighted by atomic mass is 31.2. The van der Waals surface area contributed by atoms with Gasteiger partial charge >= 0.3 is 62.4 Å². The number of hydrogen-bond acceptors (Lipinski definition) is 24. The van der Waals surface area contributed by atoms with Crippen LogP contribution in [0.3, 0.4) is 0 Å². The van der Waals surface area contributed by atoms with Crippen LogP contribution in [0.25, 0.3) is 0 Å². The van der Waals surface area contributed by atoms with Gasteiger partial charge in [-0.05, 0) is 13.5 Å². The predicted molar refractivity (Wildman–Crippen MR) is 193 cm³/mol. The largest absolute Gasteiger partial charge is 0.472 e. The molecule has 60 heavy (non-hydrogen) atoms. The molecule has 0 saturated carbocycles. The SMILES string of the molecule is CNCOCCC(COP(=O)(O)OCCOP(=O)(O)OCCOP(=O)(O)OCCOP(=O)(O)O)OP(=O)(O)OCCOP(=O)(O)OCCOP(=O)(O)OCCOP(C)(=O)O. The van der Waals surface area contributed by atoms with Crippen molar-refractivity contribution in [2.24, 2.45) is 0 Å². The number of rotatable bonds is 40. The van der Waals surface area contributed by atoms with Crippen molar-refractivity contribution in [3.05, 3.63) is 0 Å². The molecule has 0 radical (unpaired) electrons. The van der Waals surface area contributed by atoms with Gasteiger partial charge in [0.2, 0.25) is 0 Å². The highest BCUT2D eigenvalue weighted by Gasteiger charge is 2.32. The van der Waals surface area contributed by atoms with Crippen LogP contribution in [0.15, 0.2) is 0 Å². The predicted octanol–water partition coefficient (Wildman–Crippen LogP) is 0.681. The van der Waals surface area contributed by atoms with Gasteiger partial charge < -0.3 is 53.3 Å². The molecule has 0 rings (SSSR count). The van der Waals surface area contributed by atoms with E-state index in [1.54, 1.807) is 0 Å². The van der Waals surface area contributed by atoms with Crippen LogP contribution in [-0.2, 0) is 105 Å². The van der Waals surface area contributed by atoms with Crippen LogP contribution in [0, 0.1) is 0 Å². The molecular formula is C19H49NO32P8. The van der Waals surface area contributed by atoms with E-state index in [1.165, 1.54) is 7.05 Å². The molecule has 0 amide bonds. The van der Waals surface area contributed by atoms with Crippen molar-refractivity contribution < 1.29 is 149 Å². The summed E-state index contributed by atoms with van der Waals surface area (Å²) in [4.78, 5) is 84.4. The first-order valence-corrected chi connectivity index (χ1v) is 28.5. The fourth-order valence-corrected chi connectivity index (χ4v) is 8.14. The van der Waals surface area contributed by atoms with Crippen LogP contribution in [-0.4, -0.2) is 163 Å². The first kappa shape index (κ1) is 60.8. The lowest BCUT2D eigenvalue weighted by molar-refractivity contribution is 0.0225. The number of nitrogens with one attached hydrogen (secondary N) is 1. The van der Waals surface area contributed by atoms with E-state index in [9.17, 15) is 65.9 Å². The highest BCUT2D eigenvalue weighted by molar-refractivity contribution is 7.52. The zero-order chi connectivity index (χ0) is 46.2. The molecule has 0 aliphatic heterocycles. The van der Waals surface area contributed by atoms with Crippen molar-refractivity contribution in [2.75, 3.05) is 113 Å². The van der Waals surface area contributed by atoms with E-state index in [0.717, 1.165) is 6.66 Å². The minimum atomic E-state index is -5.07. The summed E-state index contributed by atoms with van der Waals surface area (Å²) in [5.41, 5.74) is 0. The third kappa shape index (κ3) is 38.1. The van der Waals surface area contributed by atoms with Crippen LogP contribution in [0.4, 0.5) is 0 Å². The minimum Gasteiger partial charge on any atom is -0.366 e. The Morgan fingerprint density at radius 3 is 0.983 bits per heavy atom. The maximum absolute atomic E-state index is 12.5. The molecular weight excluding hydrogens is 1000 g/mol. The van der Waals surface area contributed by atoms with Gasteiger partial charge in [0.1, 0.15) is 0 Å². The maximum Gasteiger partial charge on any atom is 0.472 e. The van der Waals surface area contributed by atoms with Gasteiger partial charge in [0, 0.05) is 6.66 Å². The molecule has 0 aliphatic rings. The molecule has 10 N–H and O–H groups in total. The van der Waals surface area contributed by atoms with E-state index in [0.29, 0.717) is 0 Å². The van der Waals surface area contributed by atoms with Crippen molar-refractivity contribution in [1.82, 2.24) is 5.32 Å². The molecule has 41 heteroatoms. The van der Waals surface area contributed by atoms with Gasteiger partial charge in [0.25, 0.3) is 0 Å². The van der Waals surface area contributed by atoms with Crippen molar-refractivity contribution in [3.63, 3.8) is 0 Å². The molecule has 362 valence electrons. The molecule has 0 heterocycles. The Labute approximate surface area is 341 Å². The molecule has 0 saturated heterocycles. The van der Waals surface area contributed by atoms with Gasteiger partial charge in [0.05, 0.1) is 105 Å². The summed E-state index contributed by atoms with van der Waals surface area (Å²) < 4.78 is 162. The third-order valence-corrected chi connectivity index (χ3v) is 12.5. The second-order valence-electron chi connectivity index (χ2n) is 10.3. The summed E-state index contributed by atoms with van der Waals surface area (Å²) in [5.74, 6) is 0. The van der Waals surface area contributed by atoms with Gasteiger partial charge in [-0.1, -0.05) is 0 Å². The lowest BCUT2D eigenvalue weighted by Crippen LogP contribution is -2.23. The zero-order valence-electron chi connectivity index (χ0n) is 31.4. The molecule has 0 fully saturated rings. The van der Waals surface area contributed by atoms with Gasteiger partial charge in [-0.25, -0.2) is 32.0 Å². The Balaban J connectivity index is 4.71. The van der Waals surface area contributed by atoms with Crippen LogP contribution < -0.4 is 5.32 Å². The molecule has 0 bridgehead atoms. The van der Waals surface area contributed by atoms with Crippen LogP contribution in [0.5, 0.6) is 0 Å². The van der Waals surface area contributed by atoms with Gasteiger partial charge in [-0.2, -0.15) is 0 Å².